The fraction of sp³-hybridized carbons (Fsp3) is 0.333. The van der Waals surface area contributed by atoms with E-state index in [4.69, 9.17) is 11.6 Å². The predicted molar refractivity (Wildman–Crippen MR) is 164 cm³/mol. The van der Waals surface area contributed by atoms with Crippen LogP contribution in [0.2, 0.25) is 5.02 Å². The number of sulfonamides is 1. The van der Waals surface area contributed by atoms with E-state index in [9.17, 15) is 18.0 Å². The fourth-order valence-corrected chi connectivity index (χ4v) is 6.17. The van der Waals surface area contributed by atoms with Gasteiger partial charge in [-0.3, -0.25) is 13.9 Å². The Morgan fingerprint density at radius 2 is 1.62 bits per heavy atom. The second-order valence-electron chi connectivity index (χ2n) is 10.2. The van der Waals surface area contributed by atoms with Gasteiger partial charge in [0.15, 0.2) is 0 Å². The molecule has 0 aromatic heterocycles. The van der Waals surface area contributed by atoms with Gasteiger partial charge in [0.25, 0.3) is 10.0 Å². The second-order valence-corrected chi connectivity index (χ2v) is 13.4. The molecule has 0 saturated heterocycles. The number of anilines is 1. The number of aryl methyl sites for hydroxylation is 1. The summed E-state index contributed by atoms with van der Waals surface area (Å²) in [7, 11) is -4.17. The molecule has 1 N–H and O–H groups in total. The van der Waals surface area contributed by atoms with Crippen molar-refractivity contribution in [2.45, 2.75) is 52.1 Å². The number of amides is 2. The van der Waals surface area contributed by atoms with Gasteiger partial charge in [-0.1, -0.05) is 77.3 Å². The minimum Gasteiger partial charge on any atom is -0.354 e. The monoisotopic (exact) mass is 647 g/mol. The summed E-state index contributed by atoms with van der Waals surface area (Å²) in [6.07, 6.45) is 0. The molecule has 3 rings (SSSR count). The minimum atomic E-state index is -4.17. The van der Waals surface area contributed by atoms with Crippen molar-refractivity contribution < 1.29 is 18.0 Å². The Balaban J connectivity index is 2.06. The normalized spacial score (nSPS) is 12.2. The third-order valence-corrected chi connectivity index (χ3v) is 9.17. The van der Waals surface area contributed by atoms with Crippen LogP contribution in [0.25, 0.3) is 0 Å². The molecule has 0 heterocycles. The van der Waals surface area contributed by atoms with Gasteiger partial charge in [0.2, 0.25) is 11.8 Å². The molecule has 0 unspecified atom stereocenters. The maximum atomic E-state index is 14.0. The van der Waals surface area contributed by atoms with Gasteiger partial charge in [-0.2, -0.15) is 0 Å². The average molecular weight is 649 g/mol. The quantitative estimate of drug-likeness (QED) is 0.272. The van der Waals surface area contributed by atoms with Crippen LogP contribution in [-0.2, 0) is 26.2 Å². The first-order valence-electron chi connectivity index (χ1n) is 13.0. The number of benzene rings is 3. The van der Waals surface area contributed by atoms with Gasteiger partial charge in [0.1, 0.15) is 12.6 Å². The fourth-order valence-electron chi connectivity index (χ4n) is 4.08. The highest BCUT2D eigenvalue weighted by Crippen LogP contribution is 2.31. The van der Waals surface area contributed by atoms with E-state index in [1.807, 2.05) is 45.0 Å². The number of nitrogens with zero attached hydrogens (tertiary/aromatic N) is 2. The topological polar surface area (TPSA) is 86.8 Å². The van der Waals surface area contributed by atoms with Crippen molar-refractivity contribution in [3.05, 3.63) is 92.9 Å². The summed E-state index contributed by atoms with van der Waals surface area (Å²) in [5.74, 6) is -0.613. The Labute approximate surface area is 250 Å². The van der Waals surface area contributed by atoms with E-state index < -0.39 is 28.5 Å². The predicted octanol–water partition coefficient (Wildman–Crippen LogP) is 6.10. The molecule has 3 aromatic carbocycles. The minimum absolute atomic E-state index is 0.0477. The molecule has 0 aliphatic rings. The van der Waals surface area contributed by atoms with Gasteiger partial charge in [0, 0.05) is 22.6 Å². The van der Waals surface area contributed by atoms with Crippen molar-refractivity contribution in [3.63, 3.8) is 0 Å². The molecule has 10 heteroatoms. The zero-order valence-electron chi connectivity index (χ0n) is 23.3. The van der Waals surface area contributed by atoms with Crippen molar-refractivity contribution in [1.82, 2.24) is 10.2 Å². The van der Waals surface area contributed by atoms with E-state index in [1.165, 1.54) is 17.0 Å². The lowest BCUT2D eigenvalue weighted by Gasteiger charge is -2.32. The summed E-state index contributed by atoms with van der Waals surface area (Å²) in [6, 6.07) is 18.0. The number of hydrogen-bond acceptors (Lipinski definition) is 4. The van der Waals surface area contributed by atoms with Gasteiger partial charge in [-0.25, -0.2) is 8.42 Å². The molecule has 0 spiro atoms. The Bertz CT molecular complexity index is 1460. The largest absolute Gasteiger partial charge is 0.354 e. The maximum absolute atomic E-state index is 14.0. The molecule has 0 aliphatic heterocycles. The highest BCUT2D eigenvalue weighted by molar-refractivity contribution is 9.10. The van der Waals surface area contributed by atoms with Crippen molar-refractivity contribution in [2.75, 3.05) is 17.4 Å². The number of hydrogen-bond donors (Lipinski definition) is 1. The number of carbonyl (C=O) groups excluding carboxylic acids is 2. The standard InChI is InChI=1S/C30H35BrClN3O4S/c1-20(2)17-33-30(37)23(5)34(18-24-8-6-9-25(31)16-24)29(36)19-35(28-11-7-10-27(32)22(28)4)40(38,39)26-14-12-21(3)13-15-26/h6-16,20,23H,17-19H2,1-5H3,(H,33,37)/t23-/m1/s1. The molecule has 214 valence electrons. The highest BCUT2D eigenvalue weighted by Gasteiger charge is 2.33. The van der Waals surface area contributed by atoms with E-state index in [1.54, 1.807) is 44.2 Å². The van der Waals surface area contributed by atoms with Crippen molar-refractivity contribution in [1.29, 1.82) is 0 Å². The van der Waals surface area contributed by atoms with Crippen LogP contribution in [-0.4, -0.2) is 44.3 Å². The second kappa shape index (κ2) is 13.7. The first-order chi connectivity index (χ1) is 18.8. The van der Waals surface area contributed by atoms with Crippen molar-refractivity contribution >= 4 is 55.1 Å². The van der Waals surface area contributed by atoms with Gasteiger partial charge in [0.05, 0.1) is 10.6 Å². The van der Waals surface area contributed by atoms with Gasteiger partial charge >= 0.3 is 0 Å². The van der Waals surface area contributed by atoms with Crippen molar-refractivity contribution in [2.24, 2.45) is 5.92 Å². The molecule has 0 fully saturated rings. The molecule has 0 bridgehead atoms. The zero-order valence-corrected chi connectivity index (χ0v) is 26.5. The third-order valence-electron chi connectivity index (χ3n) is 6.49. The Morgan fingerprint density at radius 1 is 0.975 bits per heavy atom. The van der Waals surface area contributed by atoms with Crippen LogP contribution in [0, 0.1) is 19.8 Å². The summed E-state index contributed by atoms with van der Waals surface area (Å²) in [4.78, 5) is 28.6. The van der Waals surface area contributed by atoms with Gasteiger partial charge in [-0.15, -0.1) is 0 Å². The number of carbonyl (C=O) groups is 2. The van der Waals surface area contributed by atoms with E-state index in [0.717, 1.165) is 19.9 Å². The van der Waals surface area contributed by atoms with E-state index >= 15 is 0 Å². The van der Waals surface area contributed by atoms with E-state index in [0.29, 0.717) is 22.8 Å². The number of rotatable bonds is 11. The summed E-state index contributed by atoms with van der Waals surface area (Å²) >= 11 is 9.83. The van der Waals surface area contributed by atoms with Crippen LogP contribution < -0.4 is 9.62 Å². The molecule has 1 atom stereocenters. The lowest BCUT2D eigenvalue weighted by Crippen LogP contribution is -2.51. The maximum Gasteiger partial charge on any atom is 0.264 e. The van der Waals surface area contributed by atoms with Crippen LogP contribution in [0.15, 0.2) is 76.1 Å². The number of nitrogens with one attached hydrogen (secondary N) is 1. The molecular formula is C30H35BrClN3O4S. The molecular weight excluding hydrogens is 614 g/mol. The Kier molecular flexibility index (Phi) is 10.8. The first-order valence-corrected chi connectivity index (χ1v) is 15.6. The molecule has 40 heavy (non-hydrogen) atoms. The highest BCUT2D eigenvalue weighted by atomic mass is 79.9. The molecule has 3 aromatic rings. The van der Waals surface area contributed by atoms with Gasteiger partial charge in [-0.05, 0) is 74.2 Å². The summed E-state index contributed by atoms with van der Waals surface area (Å²) in [5.41, 5.74) is 2.51. The molecule has 7 nitrogen and oxygen atoms in total. The lowest BCUT2D eigenvalue weighted by atomic mass is 10.1. The molecule has 0 radical (unpaired) electrons. The number of halogens is 2. The third kappa shape index (κ3) is 7.86. The average Bonchev–Trinajstić information content (AvgIpc) is 2.90. The summed E-state index contributed by atoms with van der Waals surface area (Å²) in [5, 5.41) is 3.26. The summed E-state index contributed by atoms with van der Waals surface area (Å²) in [6.45, 7) is 9.24. The molecule has 0 saturated carbocycles. The van der Waals surface area contributed by atoms with Crippen LogP contribution in [0.4, 0.5) is 5.69 Å². The summed E-state index contributed by atoms with van der Waals surface area (Å²) < 4.78 is 29.9. The first kappa shape index (κ1) is 31.6. The molecule has 2 amide bonds. The van der Waals surface area contributed by atoms with Crippen LogP contribution in [0.3, 0.4) is 0 Å². The van der Waals surface area contributed by atoms with Crippen molar-refractivity contribution in [3.8, 4) is 0 Å². The Morgan fingerprint density at radius 3 is 2.25 bits per heavy atom. The SMILES string of the molecule is Cc1ccc(S(=O)(=O)N(CC(=O)N(Cc2cccc(Br)c2)[C@H](C)C(=O)NCC(C)C)c2cccc(Cl)c2C)cc1. The lowest BCUT2D eigenvalue weighted by molar-refractivity contribution is -0.139. The van der Waals surface area contributed by atoms with E-state index in [2.05, 4.69) is 21.2 Å². The van der Waals surface area contributed by atoms with Crippen LogP contribution in [0.1, 0.15) is 37.5 Å². The van der Waals surface area contributed by atoms with Crippen LogP contribution >= 0.6 is 27.5 Å². The van der Waals surface area contributed by atoms with E-state index in [-0.39, 0.29) is 23.3 Å². The van der Waals surface area contributed by atoms with Gasteiger partial charge < -0.3 is 10.2 Å². The zero-order chi connectivity index (χ0) is 29.6. The van der Waals surface area contributed by atoms with Crippen LogP contribution in [0.5, 0.6) is 0 Å². The smallest absolute Gasteiger partial charge is 0.264 e. The molecule has 0 aliphatic carbocycles. The Hall–Kier alpha value is -2.88.